The quantitative estimate of drug-likeness (QED) is 0.884. The van der Waals surface area contributed by atoms with Crippen molar-refractivity contribution < 1.29 is 4.79 Å². The van der Waals surface area contributed by atoms with Gasteiger partial charge in [0.05, 0.1) is 6.54 Å². The summed E-state index contributed by atoms with van der Waals surface area (Å²) in [6.45, 7) is 9.55. The van der Waals surface area contributed by atoms with Gasteiger partial charge >= 0.3 is 0 Å². The second-order valence-electron chi connectivity index (χ2n) is 9.31. The van der Waals surface area contributed by atoms with Gasteiger partial charge in [-0.2, -0.15) is 0 Å². The van der Waals surface area contributed by atoms with Gasteiger partial charge in [0.25, 0.3) is 0 Å². The van der Waals surface area contributed by atoms with E-state index in [2.05, 4.69) is 67.4 Å². The summed E-state index contributed by atoms with van der Waals surface area (Å²) in [5.41, 5.74) is 3.33. The molecule has 2 saturated carbocycles. The Bertz CT molecular complexity index is 708. The van der Waals surface area contributed by atoms with Gasteiger partial charge in [-0.15, -0.1) is 0 Å². The van der Waals surface area contributed by atoms with Crippen LogP contribution in [0.4, 0.5) is 0 Å². The van der Waals surface area contributed by atoms with Gasteiger partial charge in [0.15, 0.2) is 0 Å². The molecule has 0 aromatic heterocycles. The number of fused-ring (bicyclic) bond motifs is 2. The maximum atomic E-state index is 12.7. The zero-order valence-corrected chi connectivity index (χ0v) is 16.4. The van der Waals surface area contributed by atoms with Gasteiger partial charge in [-0.1, -0.05) is 57.2 Å². The molecule has 1 aromatic carbocycles. The number of nitrogens with zero attached hydrogens (tertiary/aromatic N) is 1. The van der Waals surface area contributed by atoms with Crippen LogP contribution in [0.5, 0.6) is 0 Å². The summed E-state index contributed by atoms with van der Waals surface area (Å²) < 4.78 is 0. The van der Waals surface area contributed by atoms with Crippen LogP contribution >= 0.6 is 0 Å². The number of hydrogen-bond donors (Lipinski definition) is 1. The fourth-order valence-corrected chi connectivity index (χ4v) is 5.63. The second-order valence-corrected chi connectivity index (χ2v) is 9.31. The summed E-state index contributed by atoms with van der Waals surface area (Å²) in [5.74, 6) is 0.972. The van der Waals surface area contributed by atoms with Crippen LogP contribution in [-0.4, -0.2) is 36.5 Å². The highest BCUT2D eigenvalue weighted by molar-refractivity contribution is 5.79. The first-order valence-electron chi connectivity index (χ1n) is 10.2. The molecule has 0 spiro atoms. The normalized spacial score (nSPS) is 33.1. The molecule has 0 saturated heterocycles. The van der Waals surface area contributed by atoms with E-state index in [1.807, 2.05) is 0 Å². The average molecular weight is 353 g/mol. The van der Waals surface area contributed by atoms with Crippen LogP contribution in [0.1, 0.15) is 52.0 Å². The number of amides is 1. The van der Waals surface area contributed by atoms with Crippen molar-refractivity contribution in [1.29, 1.82) is 0 Å². The van der Waals surface area contributed by atoms with E-state index in [9.17, 15) is 4.79 Å². The van der Waals surface area contributed by atoms with E-state index in [4.69, 9.17) is 0 Å². The molecule has 2 fully saturated rings. The number of carbonyl (C=O) groups excluding carboxylic acids is 1. The predicted molar refractivity (Wildman–Crippen MR) is 107 cm³/mol. The minimum atomic E-state index is 0.205. The monoisotopic (exact) mass is 352 g/mol. The molecule has 1 heterocycles. The Morgan fingerprint density at radius 2 is 2.00 bits per heavy atom. The number of nitrogens with one attached hydrogen (secondary N) is 1. The van der Waals surface area contributed by atoms with E-state index in [0.717, 1.165) is 31.8 Å². The van der Waals surface area contributed by atoms with Gasteiger partial charge in [0.2, 0.25) is 5.91 Å². The van der Waals surface area contributed by atoms with E-state index in [1.165, 1.54) is 24.0 Å². The molecule has 3 atom stereocenters. The molecule has 1 aliphatic heterocycles. The van der Waals surface area contributed by atoms with Crippen molar-refractivity contribution in [3.8, 4) is 0 Å². The standard InChI is InChI=1S/C23H32N2O/c1-22(2)19-9-12-23(22,3)20(15-19)24-21(26)16-25-13-10-18(11-14-25)17-7-5-4-6-8-17/h4-8,10,19-20H,9,11-16H2,1-3H3,(H,24,26). The molecule has 0 radical (unpaired) electrons. The van der Waals surface area contributed by atoms with Gasteiger partial charge in [0, 0.05) is 19.1 Å². The van der Waals surface area contributed by atoms with E-state index in [1.54, 1.807) is 0 Å². The van der Waals surface area contributed by atoms with Crippen molar-refractivity contribution in [2.24, 2.45) is 16.7 Å². The third kappa shape index (κ3) is 2.90. The molecule has 1 N–H and O–H groups in total. The summed E-state index contributed by atoms with van der Waals surface area (Å²) in [7, 11) is 0. The number of carbonyl (C=O) groups is 1. The van der Waals surface area contributed by atoms with E-state index < -0.39 is 0 Å². The van der Waals surface area contributed by atoms with E-state index in [0.29, 0.717) is 18.0 Å². The SMILES string of the molecule is CC1(C)C2CCC1(C)C(NC(=O)CN1CC=C(c3ccccc3)CC1)C2. The molecule has 4 rings (SSSR count). The molecule has 1 aromatic rings. The lowest BCUT2D eigenvalue weighted by atomic mass is 9.69. The summed E-state index contributed by atoms with van der Waals surface area (Å²) >= 11 is 0. The average Bonchev–Trinajstić information content (AvgIpc) is 2.96. The highest BCUT2D eigenvalue weighted by atomic mass is 16.2. The van der Waals surface area contributed by atoms with Crippen LogP contribution in [0, 0.1) is 16.7 Å². The van der Waals surface area contributed by atoms with Crippen molar-refractivity contribution in [2.45, 2.75) is 52.5 Å². The lowest BCUT2D eigenvalue weighted by Gasteiger charge is -2.39. The van der Waals surface area contributed by atoms with Crippen molar-refractivity contribution >= 4 is 11.5 Å². The predicted octanol–water partition coefficient (Wildman–Crippen LogP) is 4.11. The van der Waals surface area contributed by atoms with Crippen molar-refractivity contribution in [3.63, 3.8) is 0 Å². The van der Waals surface area contributed by atoms with Crippen LogP contribution in [0.3, 0.4) is 0 Å². The molecule has 3 nitrogen and oxygen atoms in total. The second kappa shape index (κ2) is 6.53. The van der Waals surface area contributed by atoms with Crippen LogP contribution in [0.25, 0.3) is 5.57 Å². The third-order valence-electron chi connectivity index (χ3n) is 7.93. The maximum Gasteiger partial charge on any atom is 0.234 e. The topological polar surface area (TPSA) is 32.3 Å². The fourth-order valence-electron chi connectivity index (χ4n) is 5.63. The minimum absolute atomic E-state index is 0.205. The first-order valence-corrected chi connectivity index (χ1v) is 10.2. The Morgan fingerprint density at radius 3 is 2.58 bits per heavy atom. The zero-order valence-electron chi connectivity index (χ0n) is 16.4. The molecule has 3 unspecified atom stereocenters. The first-order chi connectivity index (χ1) is 12.4. The summed E-state index contributed by atoms with van der Waals surface area (Å²) in [4.78, 5) is 14.9. The molecular formula is C23H32N2O. The summed E-state index contributed by atoms with van der Waals surface area (Å²) in [6.07, 6.45) is 7.05. The molecule has 3 heteroatoms. The van der Waals surface area contributed by atoms with Gasteiger partial charge < -0.3 is 5.32 Å². The lowest BCUT2D eigenvalue weighted by molar-refractivity contribution is -0.123. The Labute approximate surface area is 157 Å². The molecule has 26 heavy (non-hydrogen) atoms. The van der Waals surface area contributed by atoms with Gasteiger partial charge in [-0.05, 0) is 53.6 Å². The van der Waals surface area contributed by atoms with Gasteiger partial charge in [-0.3, -0.25) is 9.69 Å². The highest BCUT2D eigenvalue weighted by Crippen LogP contribution is 2.65. The first kappa shape index (κ1) is 17.8. The third-order valence-corrected chi connectivity index (χ3v) is 7.93. The van der Waals surface area contributed by atoms with Gasteiger partial charge in [-0.25, -0.2) is 0 Å². The number of hydrogen-bond acceptors (Lipinski definition) is 2. The Balaban J connectivity index is 1.32. The molecule has 1 amide bonds. The zero-order chi connectivity index (χ0) is 18.4. The summed E-state index contributed by atoms with van der Waals surface area (Å²) in [5, 5.41) is 3.40. The van der Waals surface area contributed by atoms with Crippen LogP contribution in [0.15, 0.2) is 36.4 Å². The number of rotatable bonds is 4. The van der Waals surface area contributed by atoms with E-state index in [-0.39, 0.29) is 11.3 Å². The Hall–Kier alpha value is -1.61. The fraction of sp³-hybridized carbons (Fsp3) is 0.609. The smallest absolute Gasteiger partial charge is 0.234 e. The van der Waals surface area contributed by atoms with Crippen LogP contribution in [0.2, 0.25) is 0 Å². The number of benzene rings is 1. The largest absolute Gasteiger partial charge is 0.352 e. The summed E-state index contributed by atoms with van der Waals surface area (Å²) in [6, 6.07) is 10.9. The van der Waals surface area contributed by atoms with Crippen molar-refractivity contribution in [3.05, 3.63) is 42.0 Å². The molecule has 2 aliphatic carbocycles. The Kier molecular flexibility index (Phi) is 4.46. The lowest BCUT2D eigenvalue weighted by Crippen LogP contribution is -2.50. The van der Waals surface area contributed by atoms with Crippen LogP contribution < -0.4 is 5.32 Å². The van der Waals surface area contributed by atoms with E-state index >= 15 is 0 Å². The van der Waals surface area contributed by atoms with Crippen molar-refractivity contribution in [2.75, 3.05) is 19.6 Å². The molecular weight excluding hydrogens is 320 g/mol. The van der Waals surface area contributed by atoms with Gasteiger partial charge in [0.1, 0.15) is 0 Å². The maximum absolute atomic E-state index is 12.7. The Morgan fingerprint density at radius 1 is 1.23 bits per heavy atom. The molecule has 140 valence electrons. The van der Waals surface area contributed by atoms with Crippen molar-refractivity contribution in [1.82, 2.24) is 10.2 Å². The molecule has 2 bridgehead atoms. The minimum Gasteiger partial charge on any atom is -0.352 e. The molecule has 3 aliphatic rings. The van der Waals surface area contributed by atoms with Crippen LogP contribution in [-0.2, 0) is 4.79 Å². The highest BCUT2D eigenvalue weighted by Gasteiger charge is 2.61.